The van der Waals surface area contributed by atoms with Gasteiger partial charge in [0, 0.05) is 6.07 Å². The zero-order valence-electron chi connectivity index (χ0n) is 12.6. The van der Waals surface area contributed by atoms with Crippen molar-refractivity contribution in [1.29, 1.82) is 0 Å². The van der Waals surface area contributed by atoms with Crippen molar-refractivity contribution in [2.75, 3.05) is 0 Å². The molecular formula is C15H12N2O7S. The van der Waals surface area contributed by atoms with Crippen LogP contribution in [-0.2, 0) is 24.0 Å². The van der Waals surface area contributed by atoms with Crippen LogP contribution in [-0.4, -0.2) is 30.2 Å². The first-order valence-electron chi connectivity index (χ1n) is 7.55. The summed E-state index contributed by atoms with van der Waals surface area (Å²) < 4.78 is 29.6. The fourth-order valence-corrected chi connectivity index (χ4v) is 4.97. The van der Waals surface area contributed by atoms with E-state index < -0.39 is 49.3 Å². The second-order valence-corrected chi connectivity index (χ2v) is 7.72. The summed E-state index contributed by atoms with van der Waals surface area (Å²) in [5, 5.41) is 11.3. The molecule has 1 aromatic rings. The predicted octanol–water partition coefficient (Wildman–Crippen LogP) is 1.02. The number of imide groups is 1. The van der Waals surface area contributed by atoms with Crippen LogP contribution in [0.1, 0.15) is 6.42 Å². The smallest absolute Gasteiger partial charge is 0.272 e. The first-order chi connectivity index (χ1) is 11.8. The van der Waals surface area contributed by atoms with E-state index in [0.717, 1.165) is 12.1 Å². The van der Waals surface area contributed by atoms with E-state index in [2.05, 4.69) is 0 Å². The Morgan fingerprint density at radius 2 is 1.64 bits per heavy atom. The highest BCUT2D eigenvalue weighted by atomic mass is 32.2. The number of nitro groups is 1. The number of hydrogen-bond donors (Lipinski definition) is 0. The van der Waals surface area contributed by atoms with Crippen LogP contribution in [0.25, 0.3) is 0 Å². The maximum Gasteiger partial charge on any atom is 0.325 e. The monoisotopic (exact) mass is 364 g/mol. The number of carbonyl (C=O) groups excluding carboxylic acids is 2. The normalized spacial score (nSPS) is 30.2. The van der Waals surface area contributed by atoms with Crippen molar-refractivity contribution >= 4 is 27.6 Å². The fraction of sp³-hybridized carbons (Fsp3) is 0.333. The average Bonchev–Trinajstić information content (AvgIpc) is 3.25. The van der Waals surface area contributed by atoms with Crippen LogP contribution >= 0.6 is 0 Å². The molecule has 0 N–H and O–H groups in total. The maximum atomic E-state index is 12.5. The third-order valence-corrected chi connectivity index (χ3v) is 6.16. The lowest BCUT2D eigenvalue weighted by atomic mass is 9.85. The van der Waals surface area contributed by atoms with E-state index in [1.54, 1.807) is 0 Å². The Morgan fingerprint density at radius 3 is 2.20 bits per heavy atom. The van der Waals surface area contributed by atoms with Gasteiger partial charge < -0.3 is 0 Å². The number of nitro benzene ring substituents is 1. The Balaban J connectivity index is 1.66. The van der Waals surface area contributed by atoms with Crippen LogP contribution in [0, 0.1) is 33.8 Å². The van der Waals surface area contributed by atoms with Crippen LogP contribution in [0.4, 0.5) is 5.69 Å². The van der Waals surface area contributed by atoms with Gasteiger partial charge in [-0.05, 0) is 24.3 Å². The quantitative estimate of drug-likeness (QED) is 0.338. The standard InChI is InChI=1S/C15H12N2O7S/c18-14-12-8-5-6-9(7-8)13(12)15(19)16(14)24-25(22,23)11-4-2-1-3-10(11)17(20)21/h1-6,8-9,12-13H,7H2/t8-,9+,12-,13-/m0/s1. The van der Waals surface area contributed by atoms with Gasteiger partial charge in [-0.3, -0.25) is 19.7 Å². The van der Waals surface area contributed by atoms with Gasteiger partial charge in [0.15, 0.2) is 4.90 Å². The lowest BCUT2D eigenvalue weighted by molar-refractivity contribution is -0.388. The first kappa shape index (κ1) is 15.9. The van der Waals surface area contributed by atoms with Gasteiger partial charge in [0.1, 0.15) is 0 Å². The van der Waals surface area contributed by atoms with Crippen LogP contribution in [0.2, 0.25) is 0 Å². The molecule has 1 saturated heterocycles. The summed E-state index contributed by atoms with van der Waals surface area (Å²) in [6.45, 7) is 0. The highest BCUT2D eigenvalue weighted by molar-refractivity contribution is 7.86. The van der Waals surface area contributed by atoms with Crippen LogP contribution in [0.3, 0.4) is 0 Å². The minimum atomic E-state index is -4.71. The molecule has 4 atom stereocenters. The van der Waals surface area contributed by atoms with Crippen LogP contribution < -0.4 is 0 Å². The minimum absolute atomic E-state index is 0.103. The number of hydrogen-bond acceptors (Lipinski definition) is 7. The van der Waals surface area contributed by atoms with E-state index >= 15 is 0 Å². The van der Waals surface area contributed by atoms with Gasteiger partial charge >= 0.3 is 10.1 Å². The summed E-state index contributed by atoms with van der Waals surface area (Å²) in [5.41, 5.74) is -0.691. The Kier molecular flexibility index (Phi) is 3.31. The number of fused-ring (bicyclic) bond motifs is 5. The third kappa shape index (κ3) is 2.21. The topological polar surface area (TPSA) is 124 Å². The fourth-order valence-electron chi connectivity index (χ4n) is 3.91. The van der Waals surface area contributed by atoms with Gasteiger partial charge in [-0.15, -0.1) is 9.35 Å². The number of rotatable bonds is 4. The molecule has 25 heavy (non-hydrogen) atoms. The number of carbonyl (C=O) groups is 2. The van der Waals surface area contributed by atoms with Gasteiger partial charge in [0.05, 0.1) is 16.8 Å². The molecule has 4 rings (SSSR count). The lowest BCUT2D eigenvalue weighted by Crippen LogP contribution is -2.35. The van der Waals surface area contributed by atoms with Crippen LogP contribution in [0.5, 0.6) is 0 Å². The van der Waals surface area contributed by atoms with Crippen molar-refractivity contribution in [2.45, 2.75) is 11.3 Å². The molecule has 130 valence electrons. The maximum absolute atomic E-state index is 12.5. The summed E-state index contributed by atoms with van der Waals surface area (Å²) in [7, 11) is -4.71. The van der Waals surface area contributed by atoms with Crippen LogP contribution in [0.15, 0.2) is 41.3 Å². The molecule has 9 nitrogen and oxygen atoms in total. The molecule has 3 aliphatic rings. The molecule has 2 bridgehead atoms. The first-order valence-corrected chi connectivity index (χ1v) is 8.96. The molecule has 0 unspecified atom stereocenters. The lowest BCUT2D eigenvalue weighted by Gasteiger charge is -2.15. The molecule has 10 heteroatoms. The molecular weight excluding hydrogens is 352 g/mol. The molecule has 1 saturated carbocycles. The number of hydroxylamine groups is 2. The molecule has 0 spiro atoms. The summed E-state index contributed by atoms with van der Waals surface area (Å²) in [6, 6.07) is 4.58. The molecule has 0 aromatic heterocycles. The van der Waals surface area contributed by atoms with Crippen molar-refractivity contribution in [1.82, 2.24) is 5.06 Å². The Morgan fingerprint density at radius 1 is 1.08 bits per heavy atom. The molecule has 1 aliphatic heterocycles. The van der Waals surface area contributed by atoms with Crippen molar-refractivity contribution in [2.24, 2.45) is 23.7 Å². The molecule has 0 radical (unpaired) electrons. The average molecular weight is 364 g/mol. The largest absolute Gasteiger partial charge is 0.325 e. The second kappa shape index (κ2) is 5.20. The highest BCUT2D eigenvalue weighted by Gasteiger charge is 2.61. The van der Waals surface area contributed by atoms with Crippen molar-refractivity contribution in [3.8, 4) is 0 Å². The number of para-hydroxylation sites is 1. The summed E-state index contributed by atoms with van der Waals surface area (Å²) >= 11 is 0. The van der Waals surface area contributed by atoms with Gasteiger partial charge in [0.25, 0.3) is 17.5 Å². The van der Waals surface area contributed by atoms with Gasteiger partial charge in [0.2, 0.25) is 0 Å². The Hall–Kier alpha value is -2.59. The summed E-state index contributed by atoms with van der Waals surface area (Å²) in [5.74, 6) is -2.88. The SMILES string of the molecule is O=C1[C@@H]2[C@@H](C(=O)N1OS(=O)(=O)c1ccccc1[N+](=O)[O-])[C@H]1C=C[C@@H]2C1. The number of amides is 2. The molecule has 2 aliphatic carbocycles. The number of benzene rings is 1. The van der Waals surface area contributed by atoms with E-state index in [4.69, 9.17) is 4.28 Å². The molecule has 1 heterocycles. The van der Waals surface area contributed by atoms with E-state index in [1.165, 1.54) is 12.1 Å². The molecule has 1 aromatic carbocycles. The Bertz CT molecular complexity index is 909. The van der Waals surface area contributed by atoms with Crippen molar-refractivity contribution in [3.05, 3.63) is 46.5 Å². The summed E-state index contributed by atoms with van der Waals surface area (Å²) in [6.07, 6.45) is 4.41. The molecule has 2 fully saturated rings. The zero-order valence-corrected chi connectivity index (χ0v) is 13.5. The van der Waals surface area contributed by atoms with E-state index in [9.17, 15) is 28.1 Å². The van der Waals surface area contributed by atoms with E-state index in [1.807, 2.05) is 12.2 Å². The molecule has 2 amide bonds. The predicted molar refractivity (Wildman–Crippen MR) is 80.9 cm³/mol. The second-order valence-electron chi connectivity index (χ2n) is 6.22. The van der Waals surface area contributed by atoms with Gasteiger partial charge in [-0.2, -0.15) is 8.42 Å². The Labute approximate surface area is 142 Å². The minimum Gasteiger partial charge on any atom is -0.272 e. The van der Waals surface area contributed by atoms with E-state index in [0.29, 0.717) is 6.42 Å². The van der Waals surface area contributed by atoms with Gasteiger partial charge in [-0.1, -0.05) is 24.3 Å². The highest BCUT2D eigenvalue weighted by Crippen LogP contribution is 2.52. The van der Waals surface area contributed by atoms with Crippen molar-refractivity contribution in [3.63, 3.8) is 0 Å². The third-order valence-electron chi connectivity index (χ3n) is 4.93. The van der Waals surface area contributed by atoms with Crippen molar-refractivity contribution < 1.29 is 27.2 Å². The zero-order chi connectivity index (χ0) is 17.9. The van der Waals surface area contributed by atoms with Gasteiger partial charge in [-0.25, -0.2) is 0 Å². The number of allylic oxidation sites excluding steroid dienone is 2. The number of nitrogens with zero attached hydrogens (tertiary/aromatic N) is 2. The summed E-state index contributed by atoms with van der Waals surface area (Å²) in [4.78, 5) is 34.4. The van der Waals surface area contributed by atoms with E-state index in [-0.39, 0.29) is 16.9 Å².